The van der Waals surface area contributed by atoms with Crippen LogP contribution in [0.15, 0.2) is 48.2 Å². The second-order valence-corrected chi connectivity index (χ2v) is 7.13. The second-order valence-electron chi connectivity index (χ2n) is 7.13. The lowest BCUT2D eigenvalue weighted by molar-refractivity contribution is -0.137. The summed E-state index contributed by atoms with van der Waals surface area (Å²) in [5, 5.41) is 3.04. The fourth-order valence-corrected chi connectivity index (χ4v) is 3.21. The SMILES string of the molecule is COc1ccc(OC)c(NC2=C(c3ccc(F)cc3)C(=O)N(CCOC(C)C)C2=O)c1. The topological polar surface area (TPSA) is 77.1 Å². The first-order valence-corrected chi connectivity index (χ1v) is 9.82. The number of halogens is 1. The van der Waals surface area contributed by atoms with Crippen LogP contribution in [0.3, 0.4) is 0 Å². The Hall–Kier alpha value is -3.39. The predicted octanol–water partition coefficient (Wildman–Crippen LogP) is 3.46. The fourth-order valence-electron chi connectivity index (χ4n) is 3.21. The Balaban J connectivity index is 2.02. The molecule has 31 heavy (non-hydrogen) atoms. The Morgan fingerprint density at radius 2 is 1.71 bits per heavy atom. The number of carbonyl (C=O) groups is 2. The standard InChI is InChI=1S/C23H25FN2O5/c1-14(2)31-12-11-26-22(27)20(15-5-7-16(24)8-6-15)21(23(26)28)25-18-13-17(29-3)9-10-19(18)30-4/h5-10,13-14,25H,11-12H2,1-4H3. The average molecular weight is 428 g/mol. The van der Waals surface area contributed by atoms with Gasteiger partial charge in [0.1, 0.15) is 23.0 Å². The first-order valence-electron chi connectivity index (χ1n) is 9.82. The van der Waals surface area contributed by atoms with Crippen molar-refractivity contribution in [2.75, 3.05) is 32.7 Å². The van der Waals surface area contributed by atoms with Crippen LogP contribution in [0.4, 0.5) is 10.1 Å². The van der Waals surface area contributed by atoms with Gasteiger partial charge in [0.2, 0.25) is 0 Å². The van der Waals surface area contributed by atoms with Crippen LogP contribution in [0.2, 0.25) is 0 Å². The molecule has 0 saturated heterocycles. The number of benzene rings is 2. The molecule has 0 atom stereocenters. The highest BCUT2D eigenvalue weighted by atomic mass is 19.1. The largest absolute Gasteiger partial charge is 0.497 e. The minimum absolute atomic E-state index is 0.0315. The molecule has 0 spiro atoms. The lowest BCUT2D eigenvalue weighted by Gasteiger charge is -2.17. The van der Waals surface area contributed by atoms with Gasteiger partial charge in [0.25, 0.3) is 11.8 Å². The van der Waals surface area contributed by atoms with Crippen LogP contribution in [-0.4, -0.2) is 50.2 Å². The summed E-state index contributed by atoms with van der Waals surface area (Å²) >= 11 is 0. The molecular weight excluding hydrogens is 403 g/mol. The van der Waals surface area contributed by atoms with Gasteiger partial charge in [-0.25, -0.2) is 4.39 Å². The number of nitrogens with zero attached hydrogens (tertiary/aromatic N) is 1. The summed E-state index contributed by atoms with van der Waals surface area (Å²) in [6.45, 7) is 4.05. The van der Waals surface area contributed by atoms with Crippen LogP contribution in [0.5, 0.6) is 11.5 Å². The van der Waals surface area contributed by atoms with Crippen LogP contribution in [0.1, 0.15) is 19.4 Å². The molecule has 0 aliphatic carbocycles. The maximum atomic E-state index is 13.5. The molecule has 7 nitrogen and oxygen atoms in total. The van der Waals surface area contributed by atoms with Crippen molar-refractivity contribution in [3.63, 3.8) is 0 Å². The van der Waals surface area contributed by atoms with Crippen LogP contribution < -0.4 is 14.8 Å². The maximum Gasteiger partial charge on any atom is 0.278 e. The fraction of sp³-hybridized carbons (Fsp3) is 0.304. The van der Waals surface area contributed by atoms with E-state index >= 15 is 0 Å². The third-order valence-electron chi connectivity index (χ3n) is 4.73. The van der Waals surface area contributed by atoms with Gasteiger partial charge in [0.15, 0.2) is 0 Å². The van der Waals surface area contributed by atoms with Crippen molar-refractivity contribution < 1.29 is 28.2 Å². The van der Waals surface area contributed by atoms with E-state index in [-0.39, 0.29) is 30.5 Å². The highest BCUT2D eigenvalue weighted by Crippen LogP contribution is 2.35. The van der Waals surface area contributed by atoms with E-state index in [4.69, 9.17) is 14.2 Å². The highest BCUT2D eigenvalue weighted by molar-refractivity contribution is 6.36. The van der Waals surface area contributed by atoms with E-state index in [1.807, 2.05) is 13.8 Å². The molecule has 2 amide bonds. The predicted molar refractivity (Wildman–Crippen MR) is 114 cm³/mol. The van der Waals surface area contributed by atoms with Gasteiger partial charge in [-0.15, -0.1) is 0 Å². The third-order valence-corrected chi connectivity index (χ3v) is 4.73. The van der Waals surface area contributed by atoms with Crippen molar-refractivity contribution in [1.82, 2.24) is 4.90 Å². The quantitative estimate of drug-likeness (QED) is 0.617. The molecule has 1 aliphatic rings. The van der Waals surface area contributed by atoms with E-state index in [1.165, 1.54) is 38.5 Å². The molecule has 0 unspecified atom stereocenters. The van der Waals surface area contributed by atoms with Crippen LogP contribution in [0, 0.1) is 5.82 Å². The molecule has 0 radical (unpaired) electrons. The van der Waals surface area contributed by atoms with Gasteiger partial charge in [-0.2, -0.15) is 0 Å². The van der Waals surface area contributed by atoms with E-state index in [2.05, 4.69) is 5.32 Å². The molecule has 0 bridgehead atoms. The van der Waals surface area contributed by atoms with Gasteiger partial charge in [-0.3, -0.25) is 14.5 Å². The minimum atomic E-state index is -0.499. The number of anilines is 1. The number of methoxy groups -OCH3 is 2. The Kier molecular flexibility index (Phi) is 6.91. The Labute approximate surface area is 180 Å². The van der Waals surface area contributed by atoms with Crippen molar-refractivity contribution in [3.8, 4) is 11.5 Å². The highest BCUT2D eigenvalue weighted by Gasteiger charge is 2.39. The molecular formula is C23H25FN2O5. The lowest BCUT2D eigenvalue weighted by Crippen LogP contribution is -2.35. The summed E-state index contributed by atoms with van der Waals surface area (Å²) in [5.41, 5.74) is 1.11. The number of nitrogens with one attached hydrogen (secondary N) is 1. The molecule has 3 rings (SSSR count). The Morgan fingerprint density at radius 1 is 1.00 bits per heavy atom. The molecule has 1 N–H and O–H groups in total. The number of imide groups is 1. The molecule has 8 heteroatoms. The summed E-state index contributed by atoms with van der Waals surface area (Å²) in [5.74, 6) is -0.401. The number of amides is 2. The zero-order valence-electron chi connectivity index (χ0n) is 17.9. The number of hydrogen-bond donors (Lipinski definition) is 1. The van der Waals surface area contributed by atoms with Crippen LogP contribution >= 0.6 is 0 Å². The van der Waals surface area contributed by atoms with Crippen molar-refractivity contribution in [2.45, 2.75) is 20.0 Å². The van der Waals surface area contributed by atoms with Gasteiger partial charge in [-0.05, 0) is 43.7 Å². The molecule has 164 valence electrons. The van der Waals surface area contributed by atoms with E-state index < -0.39 is 17.6 Å². The summed E-state index contributed by atoms with van der Waals surface area (Å²) in [4.78, 5) is 27.5. The van der Waals surface area contributed by atoms with Gasteiger partial charge in [-0.1, -0.05) is 12.1 Å². The van der Waals surface area contributed by atoms with Gasteiger partial charge in [0, 0.05) is 6.07 Å². The van der Waals surface area contributed by atoms with Crippen molar-refractivity contribution in [2.24, 2.45) is 0 Å². The molecule has 0 saturated carbocycles. The monoisotopic (exact) mass is 428 g/mol. The van der Waals surface area contributed by atoms with Crippen molar-refractivity contribution >= 4 is 23.1 Å². The van der Waals surface area contributed by atoms with Crippen molar-refractivity contribution in [3.05, 3.63) is 59.5 Å². The number of carbonyl (C=O) groups excluding carboxylic acids is 2. The maximum absolute atomic E-state index is 13.5. The summed E-state index contributed by atoms with van der Waals surface area (Å²) in [7, 11) is 3.02. The van der Waals surface area contributed by atoms with E-state index in [0.29, 0.717) is 22.7 Å². The van der Waals surface area contributed by atoms with E-state index in [1.54, 1.807) is 18.2 Å². The summed E-state index contributed by atoms with van der Waals surface area (Å²) in [6, 6.07) is 10.5. The molecule has 0 aromatic heterocycles. The molecule has 0 fully saturated rings. The second kappa shape index (κ2) is 9.61. The zero-order chi connectivity index (χ0) is 22.5. The number of rotatable bonds is 9. The Bertz CT molecular complexity index is 1000. The van der Waals surface area contributed by atoms with Gasteiger partial charge >= 0.3 is 0 Å². The molecule has 2 aromatic carbocycles. The normalized spacial score (nSPS) is 13.9. The number of ether oxygens (including phenoxy) is 3. The zero-order valence-corrected chi connectivity index (χ0v) is 17.9. The lowest BCUT2D eigenvalue weighted by atomic mass is 10.0. The molecule has 2 aromatic rings. The first-order chi connectivity index (χ1) is 14.8. The van der Waals surface area contributed by atoms with E-state index in [0.717, 1.165) is 4.90 Å². The summed E-state index contributed by atoms with van der Waals surface area (Å²) < 4.78 is 29.6. The van der Waals surface area contributed by atoms with E-state index in [9.17, 15) is 14.0 Å². The van der Waals surface area contributed by atoms with Gasteiger partial charge in [0.05, 0.1) is 44.7 Å². The van der Waals surface area contributed by atoms with Crippen LogP contribution in [0.25, 0.3) is 5.57 Å². The Morgan fingerprint density at radius 3 is 2.32 bits per heavy atom. The molecule has 1 heterocycles. The third kappa shape index (κ3) is 4.86. The average Bonchev–Trinajstić information content (AvgIpc) is 2.98. The number of hydrogen-bond acceptors (Lipinski definition) is 6. The minimum Gasteiger partial charge on any atom is -0.497 e. The van der Waals surface area contributed by atoms with Crippen LogP contribution in [-0.2, 0) is 14.3 Å². The smallest absolute Gasteiger partial charge is 0.278 e. The first kappa shape index (κ1) is 22.3. The molecule has 1 aliphatic heterocycles. The van der Waals surface area contributed by atoms with Crippen molar-refractivity contribution in [1.29, 1.82) is 0 Å². The summed E-state index contributed by atoms with van der Waals surface area (Å²) in [6.07, 6.45) is -0.0315. The van der Waals surface area contributed by atoms with Gasteiger partial charge < -0.3 is 19.5 Å².